The van der Waals surface area contributed by atoms with Crippen molar-refractivity contribution in [2.24, 2.45) is 0 Å². The fourth-order valence-electron chi connectivity index (χ4n) is 2.88. The summed E-state index contributed by atoms with van der Waals surface area (Å²) in [6.07, 6.45) is 0.245. The van der Waals surface area contributed by atoms with E-state index in [4.69, 9.17) is 9.05 Å². The minimum absolute atomic E-state index is 0.199. The fourth-order valence-corrected chi connectivity index (χ4v) is 6.59. The number of nitrogens with zero attached hydrogens (tertiary/aromatic N) is 1. The molecule has 3 rings (SSSR count). The second-order valence-corrected chi connectivity index (χ2v) is 9.96. The van der Waals surface area contributed by atoms with E-state index in [1.165, 1.54) is 42.2 Å². The molecule has 0 spiro atoms. The fraction of sp³-hybridized carbons (Fsp3) is 0.467. The third kappa shape index (κ3) is 3.31. The molecule has 25 heavy (non-hydrogen) atoms. The molecular formula is C15H19N2O5PS2. The van der Waals surface area contributed by atoms with Crippen LogP contribution in [-0.2, 0) is 29.6 Å². The van der Waals surface area contributed by atoms with Gasteiger partial charge in [0.05, 0.1) is 6.42 Å². The zero-order valence-electron chi connectivity index (χ0n) is 14.1. The average Bonchev–Trinajstić information content (AvgIpc) is 3.11. The summed E-state index contributed by atoms with van der Waals surface area (Å²) in [5, 5.41) is 4.40. The molecule has 0 unspecified atom stereocenters. The minimum atomic E-state index is -3.54. The van der Waals surface area contributed by atoms with Crippen LogP contribution in [0.1, 0.15) is 11.8 Å². The second kappa shape index (κ2) is 7.25. The van der Waals surface area contributed by atoms with E-state index in [-0.39, 0.29) is 23.6 Å². The summed E-state index contributed by atoms with van der Waals surface area (Å²) in [4.78, 5) is 27.2. The SMILES string of the molecule is COP(=O)(OC)C1=C(C)CS[C@H]2[C@@H](NC(=O)Cc3cccs3)C(=O)N12. The summed E-state index contributed by atoms with van der Waals surface area (Å²) in [5.74, 6) is 0.105. The maximum Gasteiger partial charge on any atom is 0.377 e. The van der Waals surface area contributed by atoms with Crippen LogP contribution in [0.25, 0.3) is 0 Å². The number of hydrogen-bond donors (Lipinski definition) is 1. The Morgan fingerprint density at radius 1 is 1.44 bits per heavy atom. The lowest BCUT2D eigenvalue weighted by Gasteiger charge is -2.50. The first kappa shape index (κ1) is 18.7. The highest BCUT2D eigenvalue weighted by Gasteiger charge is 2.56. The molecule has 3 heterocycles. The first-order valence-electron chi connectivity index (χ1n) is 7.59. The number of hydrogen-bond acceptors (Lipinski definition) is 7. The van der Waals surface area contributed by atoms with Crippen LogP contribution in [-0.4, -0.2) is 48.1 Å². The van der Waals surface area contributed by atoms with E-state index in [2.05, 4.69) is 5.32 Å². The van der Waals surface area contributed by atoms with E-state index in [9.17, 15) is 14.2 Å². The maximum absolute atomic E-state index is 12.8. The Labute approximate surface area is 154 Å². The minimum Gasteiger partial charge on any atom is -0.341 e. The number of carbonyl (C=O) groups excluding carboxylic acids is 2. The van der Waals surface area contributed by atoms with E-state index >= 15 is 0 Å². The molecule has 2 aliphatic heterocycles. The quantitative estimate of drug-likeness (QED) is 0.581. The lowest BCUT2D eigenvalue weighted by molar-refractivity contribution is -0.145. The molecule has 2 atom stereocenters. The number of nitrogens with one attached hydrogen (secondary N) is 1. The summed E-state index contributed by atoms with van der Waals surface area (Å²) >= 11 is 3.03. The van der Waals surface area contributed by atoms with Gasteiger partial charge in [-0.15, -0.1) is 23.1 Å². The summed E-state index contributed by atoms with van der Waals surface area (Å²) in [7, 11) is -0.944. The summed E-state index contributed by atoms with van der Waals surface area (Å²) < 4.78 is 22.9. The number of carbonyl (C=O) groups is 2. The smallest absolute Gasteiger partial charge is 0.341 e. The summed E-state index contributed by atoms with van der Waals surface area (Å²) in [5.41, 5.74) is 1.08. The van der Waals surface area contributed by atoms with Gasteiger partial charge in [0, 0.05) is 24.8 Å². The van der Waals surface area contributed by atoms with Gasteiger partial charge in [0.15, 0.2) is 0 Å². The Kier molecular flexibility index (Phi) is 5.41. The van der Waals surface area contributed by atoms with Crippen LogP contribution in [0.3, 0.4) is 0 Å². The molecule has 2 aliphatic rings. The van der Waals surface area contributed by atoms with Gasteiger partial charge in [-0.25, -0.2) is 0 Å². The van der Waals surface area contributed by atoms with Gasteiger partial charge in [0.1, 0.15) is 16.9 Å². The van der Waals surface area contributed by atoms with Gasteiger partial charge >= 0.3 is 7.60 Å². The predicted molar refractivity (Wildman–Crippen MR) is 97.4 cm³/mol. The molecule has 0 bridgehead atoms. The van der Waals surface area contributed by atoms with Crippen molar-refractivity contribution >= 4 is 42.5 Å². The number of thiophene rings is 1. The number of fused-ring (bicyclic) bond motifs is 1. The van der Waals surface area contributed by atoms with Crippen LogP contribution in [0.4, 0.5) is 0 Å². The average molecular weight is 402 g/mol. The molecule has 0 radical (unpaired) electrons. The Morgan fingerprint density at radius 3 is 2.76 bits per heavy atom. The van der Waals surface area contributed by atoms with Crippen LogP contribution in [0.2, 0.25) is 0 Å². The zero-order chi connectivity index (χ0) is 18.2. The lowest BCUT2D eigenvalue weighted by atomic mass is 10.1. The molecule has 0 aromatic carbocycles. The number of thioether (sulfide) groups is 1. The Balaban J connectivity index is 1.74. The van der Waals surface area contributed by atoms with E-state index in [1.54, 1.807) is 6.92 Å². The molecule has 0 aliphatic carbocycles. The number of amides is 2. The van der Waals surface area contributed by atoms with Gasteiger partial charge in [-0.3, -0.25) is 19.1 Å². The van der Waals surface area contributed by atoms with E-state index in [1.807, 2.05) is 17.5 Å². The first-order chi connectivity index (χ1) is 11.9. The largest absolute Gasteiger partial charge is 0.377 e. The topological polar surface area (TPSA) is 84.9 Å². The van der Waals surface area contributed by atoms with Crippen molar-refractivity contribution in [3.8, 4) is 0 Å². The van der Waals surface area contributed by atoms with Gasteiger partial charge < -0.3 is 14.4 Å². The van der Waals surface area contributed by atoms with Crippen LogP contribution in [0.15, 0.2) is 28.5 Å². The van der Waals surface area contributed by atoms with Gasteiger partial charge in [0.2, 0.25) is 5.91 Å². The van der Waals surface area contributed by atoms with Crippen molar-refractivity contribution in [2.45, 2.75) is 24.8 Å². The molecule has 10 heteroatoms. The highest BCUT2D eigenvalue weighted by molar-refractivity contribution is 8.00. The summed E-state index contributed by atoms with van der Waals surface area (Å²) in [6, 6.07) is 3.14. The van der Waals surface area contributed by atoms with Crippen LogP contribution in [0, 0.1) is 0 Å². The van der Waals surface area contributed by atoms with E-state index < -0.39 is 13.6 Å². The summed E-state index contributed by atoms with van der Waals surface area (Å²) in [6.45, 7) is 1.80. The second-order valence-electron chi connectivity index (χ2n) is 5.68. The third-order valence-electron chi connectivity index (χ3n) is 4.10. The molecule has 136 valence electrons. The highest BCUT2D eigenvalue weighted by Crippen LogP contribution is 2.61. The standard InChI is InChI=1S/C15H19N2O5PS2/c1-9-8-25-15-12(16-11(18)7-10-5-4-6-24-10)13(19)17(15)14(9)23(20,21-2)22-3/h4-6,12,15H,7-8H2,1-3H3,(H,16,18)/t12-,15-/m0/s1. The maximum atomic E-state index is 12.8. The molecule has 1 N–H and O–H groups in total. The zero-order valence-corrected chi connectivity index (χ0v) is 16.6. The van der Waals surface area contributed by atoms with Crippen LogP contribution >= 0.6 is 30.7 Å². The van der Waals surface area contributed by atoms with Gasteiger partial charge in [0.25, 0.3) is 5.91 Å². The van der Waals surface area contributed by atoms with Gasteiger partial charge in [-0.1, -0.05) is 6.07 Å². The Morgan fingerprint density at radius 2 is 2.16 bits per heavy atom. The number of rotatable bonds is 6. The number of β-lactam (4-membered cyclic amide) rings is 1. The predicted octanol–water partition coefficient (Wildman–Crippen LogP) is 2.41. The molecule has 2 amide bonds. The first-order valence-corrected chi connectivity index (χ1v) is 11.1. The molecule has 1 saturated heterocycles. The van der Waals surface area contributed by atoms with Crippen molar-refractivity contribution in [3.05, 3.63) is 33.4 Å². The molecule has 0 saturated carbocycles. The van der Waals surface area contributed by atoms with Crippen molar-refractivity contribution in [2.75, 3.05) is 20.0 Å². The highest BCUT2D eigenvalue weighted by atomic mass is 32.2. The molecule has 7 nitrogen and oxygen atoms in total. The molecule has 1 aromatic heterocycles. The lowest BCUT2D eigenvalue weighted by Crippen LogP contribution is -2.69. The Bertz CT molecular complexity index is 756. The van der Waals surface area contributed by atoms with Crippen molar-refractivity contribution in [3.63, 3.8) is 0 Å². The van der Waals surface area contributed by atoms with Gasteiger partial charge in [-0.2, -0.15) is 0 Å². The van der Waals surface area contributed by atoms with Crippen LogP contribution < -0.4 is 5.32 Å². The molecule has 1 aromatic rings. The van der Waals surface area contributed by atoms with Crippen molar-refractivity contribution < 1.29 is 23.2 Å². The molecule has 1 fully saturated rings. The van der Waals surface area contributed by atoms with E-state index in [0.29, 0.717) is 11.2 Å². The van der Waals surface area contributed by atoms with Crippen molar-refractivity contribution in [1.82, 2.24) is 10.2 Å². The monoisotopic (exact) mass is 402 g/mol. The Hall–Kier alpha value is -1.12. The van der Waals surface area contributed by atoms with Crippen LogP contribution in [0.5, 0.6) is 0 Å². The molecular weight excluding hydrogens is 383 g/mol. The third-order valence-corrected chi connectivity index (χ3v) is 8.47. The van der Waals surface area contributed by atoms with Crippen molar-refractivity contribution in [1.29, 1.82) is 0 Å². The van der Waals surface area contributed by atoms with Gasteiger partial charge in [-0.05, 0) is 23.9 Å². The normalized spacial score (nSPS) is 23.3. The van der Waals surface area contributed by atoms with E-state index in [0.717, 1.165) is 10.5 Å².